The second kappa shape index (κ2) is 8.35. The maximum absolute atomic E-state index is 12.3. The molecule has 0 saturated carbocycles. The molecule has 0 bridgehead atoms. The van der Waals surface area contributed by atoms with Gasteiger partial charge >= 0.3 is 0 Å². The highest BCUT2D eigenvalue weighted by atomic mass is 32.1. The molecule has 1 N–H and O–H groups in total. The normalized spacial score (nSPS) is 13.1. The fourth-order valence-corrected chi connectivity index (χ4v) is 4.22. The van der Waals surface area contributed by atoms with Crippen LogP contribution in [0.15, 0.2) is 54.6 Å². The number of thiazole rings is 1. The summed E-state index contributed by atoms with van der Waals surface area (Å²) in [5.41, 5.74) is 3.00. The largest absolute Gasteiger partial charge is 0.483 e. The fourth-order valence-electron chi connectivity index (χ4n) is 3.23. The molecule has 1 aliphatic carbocycles. The van der Waals surface area contributed by atoms with Crippen LogP contribution in [0.5, 0.6) is 5.75 Å². The zero-order chi connectivity index (χ0) is 19.3. The number of ketones is 1. The van der Waals surface area contributed by atoms with E-state index in [2.05, 4.69) is 22.4 Å². The first-order chi connectivity index (χ1) is 13.7. The Morgan fingerprint density at radius 1 is 1.07 bits per heavy atom. The lowest BCUT2D eigenvalue weighted by Gasteiger charge is -2.11. The maximum Gasteiger partial charge on any atom is 0.264 e. The molecule has 1 heterocycles. The van der Waals surface area contributed by atoms with Crippen molar-refractivity contribution in [2.75, 3.05) is 11.9 Å². The average Bonchev–Trinajstić information content (AvgIpc) is 3.12. The van der Waals surface area contributed by atoms with Crippen molar-refractivity contribution in [1.29, 1.82) is 0 Å². The third kappa shape index (κ3) is 4.28. The zero-order valence-electron chi connectivity index (χ0n) is 15.3. The third-order valence-corrected chi connectivity index (χ3v) is 5.64. The van der Waals surface area contributed by atoms with Gasteiger partial charge in [-0.05, 0) is 30.0 Å². The summed E-state index contributed by atoms with van der Waals surface area (Å²) in [6, 6.07) is 17.8. The Labute approximate surface area is 167 Å². The number of ether oxygens (including phenoxy) is 1. The summed E-state index contributed by atoms with van der Waals surface area (Å²) >= 11 is 1.25. The van der Waals surface area contributed by atoms with Crippen LogP contribution >= 0.6 is 11.3 Å². The molecule has 1 aliphatic rings. The summed E-state index contributed by atoms with van der Waals surface area (Å²) in [5.74, 6) is 0.522. The molecule has 2 aromatic carbocycles. The molecular formula is C22H20N2O3S. The lowest BCUT2D eigenvalue weighted by molar-refractivity contribution is -0.118. The molecule has 142 valence electrons. The minimum absolute atomic E-state index is 0.107. The number of Topliss-reactive ketones (excluding diaryl/α,β-unsaturated/α-hetero) is 1. The van der Waals surface area contributed by atoms with E-state index in [4.69, 9.17) is 4.74 Å². The van der Waals surface area contributed by atoms with Crippen LogP contribution in [0.3, 0.4) is 0 Å². The summed E-state index contributed by atoms with van der Waals surface area (Å²) in [6.45, 7) is -0.107. The Hall–Kier alpha value is -2.99. The third-order valence-electron chi connectivity index (χ3n) is 4.58. The van der Waals surface area contributed by atoms with Crippen molar-refractivity contribution in [1.82, 2.24) is 4.98 Å². The number of hydrogen-bond acceptors (Lipinski definition) is 5. The summed E-state index contributed by atoms with van der Waals surface area (Å²) in [5, 5.41) is 3.21. The number of fused-ring (bicyclic) bond motifs is 1. The highest BCUT2D eigenvalue weighted by molar-refractivity contribution is 7.17. The first kappa shape index (κ1) is 18.4. The van der Waals surface area contributed by atoms with E-state index in [0.29, 0.717) is 22.2 Å². The van der Waals surface area contributed by atoms with Crippen LogP contribution in [-0.4, -0.2) is 23.3 Å². The molecule has 3 aromatic rings. The Kier molecular flexibility index (Phi) is 5.48. The smallest absolute Gasteiger partial charge is 0.264 e. The number of carbonyl (C=O) groups excluding carboxylic acids is 2. The number of para-hydroxylation sites is 1. The predicted molar refractivity (Wildman–Crippen MR) is 109 cm³/mol. The van der Waals surface area contributed by atoms with E-state index in [-0.39, 0.29) is 18.3 Å². The van der Waals surface area contributed by atoms with Crippen LogP contribution in [-0.2, 0) is 17.6 Å². The summed E-state index contributed by atoms with van der Waals surface area (Å²) < 4.78 is 5.76. The summed E-state index contributed by atoms with van der Waals surface area (Å²) in [6.07, 6.45) is 2.91. The molecule has 0 atom stereocenters. The first-order valence-electron chi connectivity index (χ1n) is 9.26. The van der Waals surface area contributed by atoms with Gasteiger partial charge in [-0.15, -0.1) is 0 Å². The van der Waals surface area contributed by atoms with Gasteiger partial charge in [0.15, 0.2) is 17.5 Å². The van der Waals surface area contributed by atoms with Crippen LogP contribution < -0.4 is 10.1 Å². The molecule has 5 nitrogen and oxygen atoms in total. The van der Waals surface area contributed by atoms with Crippen molar-refractivity contribution in [2.24, 2.45) is 0 Å². The minimum Gasteiger partial charge on any atom is -0.483 e. The zero-order valence-corrected chi connectivity index (χ0v) is 16.1. The van der Waals surface area contributed by atoms with Crippen molar-refractivity contribution in [3.63, 3.8) is 0 Å². The Morgan fingerprint density at radius 3 is 2.68 bits per heavy atom. The highest BCUT2D eigenvalue weighted by Gasteiger charge is 2.22. The van der Waals surface area contributed by atoms with E-state index < -0.39 is 0 Å². The molecule has 0 saturated heterocycles. The Bertz CT molecular complexity index is 998. The number of nitrogens with one attached hydrogen (secondary N) is 1. The van der Waals surface area contributed by atoms with Gasteiger partial charge in [0, 0.05) is 12.8 Å². The Balaban J connectivity index is 1.38. The maximum atomic E-state index is 12.3. The van der Waals surface area contributed by atoms with Crippen LogP contribution in [0.2, 0.25) is 0 Å². The number of anilines is 1. The number of carbonyl (C=O) groups is 2. The van der Waals surface area contributed by atoms with Gasteiger partial charge in [-0.2, -0.15) is 0 Å². The van der Waals surface area contributed by atoms with Gasteiger partial charge in [0.05, 0.1) is 10.6 Å². The van der Waals surface area contributed by atoms with Crippen molar-refractivity contribution in [3.05, 3.63) is 76.3 Å². The SMILES string of the molecule is O=C(COc1ccccc1Cc1ccccc1)Nc1nc2c(s1)C(=O)CCC2. The van der Waals surface area contributed by atoms with Crippen molar-refractivity contribution >= 4 is 28.2 Å². The van der Waals surface area contributed by atoms with Crippen LogP contribution in [0.25, 0.3) is 0 Å². The second-order valence-electron chi connectivity index (χ2n) is 6.68. The number of aromatic nitrogens is 1. The lowest BCUT2D eigenvalue weighted by Crippen LogP contribution is -2.20. The van der Waals surface area contributed by atoms with E-state index in [1.165, 1.54) is 16.9 Å². The van der Waals surface area contributed by atoms with Crippen LogP contribution in [0.1, 0.15) is 39.3 Å². The minimum atomic E-state index is -0.284. The van der Waals surface area contributed by atoms with E-state index in [9.17, 15) is 9.59 Å². The van der Waals surface area contributed by atoms with Gasteiger partial charge in [0.25, 0.3) is 5.91 Å². The molecule has 0 radical (unpaired) electrons. The van der Waals surface area contributed by atoms with Gasteiger partial charge in [-0.3, -0.25) is 14.9 Å². The topological polar surface area (TPSA) is 68.3 Å². The predicted octanol–water partition coefficient (Wildman–Crippen LogP) is 4.27. The standard InChI is InChI=1S/C22H20N2O3S/c25-18-11-6-10-17-21(18)28-22(23-17)24-20(26)14-27-19-12-5-4-9-16(19)13-15-7-2-1-3-8-15/h1-5,7-9,12H,6,10-11,13-14H2,(H,23,24,26). The van der Waals surface area contributed by atoms with Gasteiger partial charge in [0.2, 0.25) is 0 Å². The highest BCUT2D eigenvalue weighted by Crippen LogP contribution is 2.29. The average molecular weight is 392 g/mol. The fraction of sp³-hybridized carbons (Fsp3) is 0.227. The Morgan fingerprint density at radius 2 is 1.86 bits per heavy atom. The van der Waals surface area contributed by atoms with E-state index in [1.807, 2.05) is 42.5 Å². The molecule has 28 heavy (non-hydrogen) atoms. The van der Waals surface area contributed by atoms with E-state index in [1.54, 1.807) is 0 Å². The van der Waals surface area contributed by atoms with Crippen LogP contribution in [0.4, 0.5) is 5.13 Å². The number of amides is 1. The number of rotatable bonds is 6. The number of hydrogen-bond donors (Lipinski definition) is 1. The summed E-state index contributed by atoms with van der Waals surface area (Å²) in [4.78, 5) is 29.3. The molecular weight excluding hydrogens is 372 g/mol. The molecule has 0 unspecified atom stereocenters. The number of aryl methyl sites for hydroxylation is 1. The molecule has 1 amide bonds. The molecule has 0 fully saturated rings. The van der Waals surface area contributed by atoms with Gasteiger partial charge in [0.1, 0.15) is 5.75 Å². The monoisotopic (exact) mass is 392 g/mol. The van der Waals surface area contributed by atoms with E-state index >= 15 is 0 Å². The van der Waals surface area contributed by atoms with Gasteiger partial charge in [-0.1, -0.05) is 59.9 Å². The molecule has 0 spiro atoms. The van der Waals surface area contributed by atoms with Crippen LogP contribution in [0, 0.1) is 0 Å². The molecule has 0 aliphatic heterocycles. The molecule has 6 heteroatoms. The second-order valence-corrected chi connectivity index (χ2v) is 7.68. The first-order valence-corrected chi connectivity index (χ1v) is 10.1. The number of nitrogens with zero attached hydrogens (tertiary/aromatic N) is 1. The lowest BCUT2D eigenvalue weighted by atomic mass is 10.0. The van der Waals surface area contributed by atoms with Crippen molar-refractivity contribution in [2.45, 2.75) is 25.7 Å². The summed E-state index contributed by atoms with van der Waals surface area (Å²) in [7, 11) is 0. The van der Waals surface area contributed by atoms with Crippen molar-refractivity contribution < 1.29 is 14.3 Å². The van der Waals surface area contributed by atoms with Gasteiger partial charge < -0.3 is 4.74 Å². The van der Waals surface area contributed by atoms with Crippen molar-refractivity contribution in [3.8, 4) is 5.75 Å². The number of benzene rings is 2. The van der Waals surface area contributed by atoms with E-state index in [0.717, 1.165) is 30.5 Å². The quantitative estimate of drug-likeness (QED) is 0.680. The molecule has 1 aromatic heterocycles. The molecule has 4 rings (SSSR count). The van der Waals surface area contributed by atoms with Gasteiger partial charge in [-0.25, -0.2) is 4.98 Å².